The highest BCUT2D eigenvalue weighted by atomic mass is 32.2. The Morgan fingerprint density at radius 1 is 1.11 bits per heavy atom. The number of thioether (sulfide) groups is 1. The molecule has 1 aromatic carbocycles. The van der Waals surface area contributed by atoms with Gasteiger partial charge in [-0.2, -0.15) is 0 Å². The topological polar surface area (TPSA) is 26.0 Å². The van der Waals surface area contributed by atoms with Gasteiger partial charge in [0.15, 0.2) is 0 Å². The van der Waals surface area contributed by atoms with Gasteiger partial charge in [0, 0.05) is 5.25 Å². The van der Waals surface area contributed by atoms with Crippen LogP contribution in [0.4, 0.5) is 8.78 Å². The van der Waals surface area contributed by atoms with E-state index in [-0.39, 0.29) is 4.90 Å². The summed E-state index contributed by atoms with van der Waals surface area (Å²) in [6.45, 7) is 0.411. The largest absolute Gasteiger partial charge is 0.330 e. The van der Waals surface area contributed by atoms with Crippen molar-refractivity contribution < 1.29 is 8.78 Å². The smallest absolute Gasteiger partial charge is 0.140 e. The van der Waals surface area contributed by atoms with Crippen LogP contribution in [0.2, 0.25) is 0 Å². The zero-order chi connectivity index (χ0) is 13.0. The lowest BCUT2D eigenvalue weighted by molar-refractivity contribution is 0.509. The van der Waals surface area contributed by atoms with Gasteiger partial charge in [0.25, 0.3) is 0 Å². The molecular weight excluding hydrogens is 252 g/mol. The SMILES string of the molecule is NCCc1cc(F)c(SC2CCCCC2)c(F)c1. The maximum absolute atomic E-state index is 13.9. The van der Waals surface area contributed by atoms with E-state index in [1.54, 1.807) is 0 Å². The van der Waals surface area contributed by atoms with E-state index in [1.807, 2.05) is 0 Å². The van der Waals surface area contributed by atoms with E-state index >= 15 is 0 Å². The maximum atomic E-state index is 13.9. The number of nitrogens with two attached hydrogens (primary N) is 1. The fourth-order valence-corrected chi connectivity index (χ4v) is 3.63. The summed E-state index contributed by atoms with van der Waals surface area (Å²) < 4.78 is 27.8. The fraction of sp³-hybridized carbons (Fsp3) is 0.571. The molecule has 100 valence electrons. The normalized spacial score (nSPS) is 17.1. The average molecular weight is 271 g/mol. The molecule has 1 nitrogen and oxygen atoms in total. The van der Waals surface area contributed by atoms with E-state index in [4.69, 9.17) is 5.73 Å². The minimum Gasteiger partial charge on any atom is -0.330 e. The molecule has 0 radical (unpaired) electrons. The zero-order valence-electron chi connectivity index (χ0n) is 10.4. The van der Waals surface area contributed by atoms with Gasteiger partial charge in [-0.3, -0.25) is 0 Å². The first kappa shape index (κ1) is 13.8. The summed E-state index contributed by atoms with van der Waals surface area (Å²) in [5, 5.41) is 0.364. The van der Waals surface area contributed by atoms with Gasteiger partial charge in [-0.1, -0.05) is 19.3 Å². The molecule has 0 atom stereocenters. The van der Waals surface area contributed by atoms with Crippen molar-refractivity contribution in [1.29, 1.82) is 0 Å². The van der Waals surface area contributed by atoms with Crippen molar-refractivity contribution in [2.45, 2.75) is 48.7 Å². The molecule has 1 aliphatic carbocycles. The summed E-state index contributed by atoms with van der Waals surface area (Å²) in [5.74, 6) is -0.872. The van der Waals surface area contributed by atoms with E-state index in [1.165, 1.54) is 43.2 Å². The monoisotopic (exact) mass is 271 g/mol. The number of hydrogen-bond donors (Lipinski definition) is 1. The molecule has 0 aliphatic heterocycles. The molecule has 0 saturated heterocycles. The first-order chi connectivity index (χ1) is 8.70. The standard InChI is InChI=1S/C14H19F2NS/c15-12-8-10(6-7-17)9-13(16)14(12)18-11-4-2-1-3-5-11/h8-9,11H,1-7,17H2. The van der Waals surface area contributed by atoms with Crippen molar-refractivity contribution in [3.8, 4) is 0 Å². The summed E-state index contributed by atoms with van der Waals surface area (Å²) in [6.07, 6.45) is 6.24. The van der Waals surface area contributed by atoms with Gasteiger partial charge in [-0.05, 0) is 43.5 Å². The number of rotatable bonds is 4. The van der Waals surface area contributed by atoms with Crippen LogP contribution in [0.25, 0.3) is 0 Å². The van der Waals surface area contributed by atoms with E-state index in [9.17, 15) is 8.78 Å². The molecule has 2 rings (SSSR count). The van der Waals surface area contributed by atoms with Crippen LogP contribution in [-0.4, -0.2) is 11.8 Å². The van der Waals surface area contributed by atoms with Crippen LogP contribution in [0, 0.1) is 11.6 Å². The molecule has 1 aliphatic rings. The van der Waals surface area contributed by atoms with Crippen LogP contribution >= 0.6 is 11.8 Å². The van der Waals surface area contributed by atoms with Gasteiger partial charge < -0.3 is 5.73 Å². The molecule has 0 bridgehead atoms. The van der Waals surface area contributed by atoms with Crippen molar-refractivity contribution in [3.05, 3.63) is 29.3 Å². The lowest BCUT2D eigenvalue weighted by atomic mass is 10.0. The summed E-state index contributed by atoms with van der Waals surface area (Å²) >= 11 is 1.36. The van der Waals surface area contributed by atoms with Crippen molar-refractivity contribution in [2.75, 3.05) is 6.54 Å². The second-order valence-corrected chi connectivity index (χ2v) is 6.12. The van der Waals surface area contributed by atoms with Gasteiger partial charge in [0.1, 0.15) is 11.6 Å². The molecule has 0 unspecified atom stereocenters. The average Bonchev–Trinajstić information content (AvgIpc) is 2.36. The molecule has 0 heterocycles. The molecule has 1 fully saturated rings. The van der Waals surface area contributed by atoms with Gasteiger partial charge in [0.05, 0.1) is 4.90 Å². The zero-order valence-corrected chi connectivity index (χ0v) is 11.2. The van der Waals surface area contributed by atoms with E-state index in [2.05, 4.69) is 0 Å². The Balaban J connectivity index is 2.11. The molecular formula is C14H19F2NS. The van der Waals surface area contributed by atoms with E-state index in [0.29, 0.717) is 23.8 Å². The molecule has 4 heteroatoms. The molecule has 18 heavy (non-hydrogen) atoms. The Bertz CT molecular complexity index is 380. The predicted octanol–water partition coefficient (Wildman–Crippen LogP) is 3.89. The third-order valence-corrected chi connectivity index (χ3v) is 4.76. The first-order valence-corrected chi connectivity index (χ1v) is 7.43. The molecule has 2 N–H and O–H groups in total. The van der Waals surface area contributed by atoms with Crippen molar-refractivity contribution in [1.82, 2.24) is 0 Å². The molecule has 0 spiro atoms. The van der Waals surface area contributed by atoms with Crippen molar-refractivity contribution in [3.63, 3.8) is 0 Å². The predicted molar refractivity (Wildman–Crippen MR) is 71.8 cm³/mol. The summed E-state index contributed by atoms with van der Waals surface area (Å²) in [5.41, 5.74) is 6.04. The third-order valence-electron chi connectivity index (χ3n) is 3.33. The van der Waals surface area contributed by atoms with Crippen LogP contribution in [0.1, 0.15) is 37.7 Å². The Labute approximate surface area is 111 Å². The van der Waals surface area contributed by atoms with Crippen LogP contribution in [-0.2, 0) is 6.42 Å². The summed E-state index contributed by atoms with van der Waals surface area (Å²) in [4.78, 5) is 0.183. The highest BCUT2D eigenvalue weighted by Crippen LogP contribution is 2.36. The lowest BCUT2D eigenvalue weighted by Gasteiger charge is -2.21. The van der Waals surface area contributed by atoms with Gasteiger partial charge in [-0.25, -0.2) is 8.78 Å². The highest BCUT2D eigenvalue weighted by molar-refractivity contribution is 8.00. The Morgan fingerprint density at radius 3 is 2.28 bits per heavy atom. The fourth-order valence-electron chi connectivity index (χ4n) is 2.39. The lowest BCUT2D eigenvalue weighted by Crippen LogP contribution is -2.09. The van der Waals surface area contributed by atoms with Gasteiger partial charge in [0.2, 0.25) is 0 Å². The maximum Gasteiger partial charge on any atom is 0.140 e. The minimum absolute atomic E-state index is 0.183. The summed E-state index contributed by atoms with van der Waals surface area (Å²) in [7, 11) is 0. The van der Waals surface area contributed by atoms with Gasteiger partial charge in [-0.15, -0.1) is 11.8 Å². The van der Waals surface area contributed by atoms with Crippen molar-refractivity contribution in [2.24, 2.45) is 5.73 Å². The highest BCUT2D eigenvalue weighted by Gasteiger charge is 2.19. The van der Waals surface area contributed by atoms with Crippen LogP contribution in [0.3, 0.4) is 0 Å². The van der Waals surface area contributed by atoms with E-state index < -0.39 is 11.6 Å². The molecule has 1 aromatic rings. The Kier molecular flexibility index (Phi) is 5.01. The minimum atomic E-state index is -0.436. The quantitative estimate of drug-likeness (QED) is 0.899. The van der Waals surface area contributed by atoms with Crippen molar-refractivity contribution >= 4 is 11.8 Å². The second kappa shape index (κ2) is 6.53. The first-order valence-electron chi connectivity index (χ1n) is 6.55. The summed E-state index contributed by atoms with van der Waals surface area (Å²) in [6, 6.07) is 2.84. The molecule has 0 amide bonds. The van der Waals surface area contributed by atoms with E-state index in [0.717, 1.165) is 12.8 Å². The number of benzene rings is 1. The number of halogens is 2. The second-order valence-electron chi connectivity index (χ2n) is 4.81. The Morgan fingerprint density at radius 2 is 1.72 bits per heavy atom. The van der Waals surface area contributed by atoms with Crippen LogP contribution < -0.4 is 5.73 Å². The van der Waals surface area contributed by atoms with Crippen LogP contribution in [0.5, 0.6) is 0 Å². The molecule has 0 aromatic heterocycles. The number of hydrogen-bond acceptors (Lipinski definition) is 2. The molecule has 1 saturated carbocycles. The Hall–Kier alpha value is -0.610. The third kappa shape index (κ3) is 3.45. The van der Waals surface area contributed by atoms with Crippen LogP contribution in [0.15, 0.2) is 17.0 Å². The van der Waals surface area contributed by atoms with Gasteiger partial charge >= 0.3 is 0 Å².